The number of aliphatic imine (C=N–C) groups is 1. The van der Waals surface area contributed by atoms with Gasteiger partial charge in [0.1, 0.15) is 11.1 Å². The summed E-state index contributed by atoms with van der Waals surface area (Å²) in [6.45, 7) is 7.07. The van der Waals surface area contributed by atoms with Crippen LogP contribution in [0.1, 0.15) is 40.5 Å². The van der Waals surface area contributed by atoms with E-state index < -0.39 is 29.0 Å². The molecule has 2 unspecified atom stereocenters. The van der Waals surface area contributed by atoms with E-state index in [1.165, 1.54) is 6.21 Å². The van der Waals surface area contributed by atoms with Crippen LogP contribution in [0, 0.1) is 5.92 Å². The highest BCUT2D eigenvalue weighted by molar-refractivity contribution is 5.97. The summed E-state index contributed by atoms with van der Waals surface area (Å²) in [5, 5.41) is 9.38. The third-order valence-corrected chi connectivity index (χ3v) is 2.83. The fourth-order valence-corrected chi connectivity index (χ4v) is 2.18. The van der Waals surface area contributed by atoms with Gasteiger partial charge in [0.15, 0.2) is 5.92 Å². The summed E-state index contributed by atoms with van der Waals surface area (Å²) >= 11 is 0. The molecule has 5 heteroatoms. The number of carbonyl (C=O) groups excluding carboxylic acids is 1. The highest BCUT2D eigenvalue weighted by Crippen LogP contribution is 2.34. The van der Waals surface area contributed by atoms with Crippen LogP contribution in [0.4, 0.5) is 0 Å². The number of carbonyl (C=O) groups is 2. The summed E-state index contributed by atoms with van der Waals surface area (Å²) < 4.78 is 5.22. The molecule has 0 bridgehead atoms. The molecular formula is C14H21NO4. The lowest BCUT2D eigenvalue weighted by Gasteiger charge is -2.31. The van der Waals surface area contributed by atoms with Crippen LogP contribution in [0.25, 0.3) is 0 Å². The first-order chi connectivity index (χ1) is 8.72. The second kappa shape index (κ2) is 5.55. The number of carboxylic acid groups (broad SMARTS) is 1. The zero-order valence-corrected chi connectivity index (χ0v) is 11.8. The maximum absolute atomic E-state index is 12.2. The first-order valence-electron chi connectivity index (χ1n) is 6.40. The third kappa shape index (κ3) is 3.66. The second-order valence-electron chi connectivity index (χ2n) is 5.68. The summed E-state index contributed by atoms with van der Waals surface area (Å²) in [5.74, 6) is -3.25. The number of allylic oxidation sites excluding steroid dienone is 1. The van der Waals surface area contributed by atoms with Crippen molar-refractivity contribution in [3.05, 3.63) is 12.2 Å². The van der Waals surface area contributed by atoms with E-state index >= 15 is 0 Å². The molecule has 0 aliphatic carbocycles. The number of hydrogen-bond donors (Lipinski definition) is 1. The summed E-state index contributed by atoms with van der Waals surface area (Å²) in [7, 11) is 0. The molecule has 0 aromatic rings. The molecule has 19 heavy (non-hydrogen) atoms. The van der Waals surface area contributed by atoms with E-state index in [1.54, 1.807) is 32.9 Å². The van der Waals surface area contributed by atoms with Crippen LogP contribution in [0.2, 0.25) is 0 Å². The van der Waals surface area contributed by atoms with E-state index in [4.69, 9.17) is 4.74 Å². The van der Waals surface area contributed by atoms with E-state index in [0.29, 0.717) is 6.42 Å². The quantitative estimate of drug-likeness (QED) is 0.612. The highest BCUT2D eigenvalue weighted by atomic mass is 16.6. The van der Waals surface area contributed by atoms with Gasteiger partial charge in [0.25, 0.3) is 0 Å². The van der Waals surface area contributed by atoms with Gasteiger partial charge >= 0.3 is 11.9 Å². The fraction of sp³-hybridized carbons (Fsp3) is 0.643. The largest absolute Gasteiger partial charge is 0.481 e. The van der Waals surface area contributed by atoms with Gasteiger partial charge in [-0.2, -0.15) is 0 Å². The maximum atomic E-state index is 12.2. The minimum atomic E-state index is -1.30. The number of hydrogen-bond acceptors (Lipinski definition) is 4. The molecule has 0 aromatic heterocycles. The average Bonchev–Trinajstić information content (AvgIpc) is 2.63. The lowest BCUT2D eigenvalue weighted by atomic mass is 9.81. The van der Waals surface area contributed by atoms with Crippen LogP contribution < -0.4 is 0 Å². The summed E-state index contributed by atoms with van der Waals surface area (Å²) in [4.78, 5) is 27.9. The molecule has 0 radical (unpaired) electrons. The van der Waals surface area contributed by atoms with Gasteiger partial charge in [0.05, 0.1) is 0 Å². The van der Waals surface area contributed by atoms with E-state index in [2.05, 4.69) is 4.99 Å². The van der Waals surface area contributed by atoms with Crippen LogP contribution in [0.3, 0.4) is 0 Å². The standard InChI is InChI=1S/C14H21NO4/c1-5-7-14(8-6-9-15-14)10(11(16)17)12(18)19-13(2,3)4/h6,8-10H,5,7H2,1-4H3,(H,16,17). The average molecular weight is 267 g/mol. The minimum Gasteiger partial charge on any atom is -0.481 e. The topological polar surface area (TPSA) is 76.0 Å². The molecule has 1 rings (SSSR count). The summed E-state index contributed by atoms with van der Waals surface area (Å²) in [5.41, 5.74) is -1.73. The van der Waals surface area contributed by atoms with Crippen molar-refractivity contribution in [2.75, 3.05) is 0 Å². The van der Waals surface area contributed by atoms with Crippen LogP contribution in [0.15, 0.2) is 17.1 Å². The molecule has 5 nitrogen and oxygen atoms in total. The van der Waals surface area contributed by atoms with Crippen molar-refractivity contribution >= 4 is 18.2 Å². The Morgan fingerprint density at radius 1 is 1.42 bits per heavy atom. The highest BCUT2D eigenvalue weighted by Gasteiger charge is 2.48. The van der Waals surface area contributed by atoms with E-state index in [1.807, 2.05) is 6.92 Å². The normalized spacial score (nSPS) is 23.4. The first-order valence-corrected chi connectivity index (χ1v) is 6.40. The van der Waals surface area contributed by atoms with E-state index in [-0.39, 0.29) is 0 Å². The minimum absolute atomic E-state index is 0.496. The molecular weight excluding hydrogens is 246 g/mol. The van der Waals surface area contributed by atoms with Gasteiger partial charge in [-0.25, -0.2) is 0 Å². The van der Waals surface area contributed by atoms with Gasteiger partial charge in [0.2, 0.25) is 0 Å². The summed E-state index contributed by atoms with van der Waals surface area (Å²) in [6.07, 6.45) is 6.12. The van der Waals surface area contributed by atoms with Gasteiger partial charge in [-0.3, -0.25) is 14.6 Å². The number of ether oxygens (including phenoxy) is 1. The number of esters is 1. The van der Waals surface area contributed by atoms with E-state index in [0.717, 1.165) is 6.42 Å². The Labute approximate surface area is 113 Å². The molecule has 0 saturated carbocycles. The van der Waals surface area contributed by atoms with Crippen molar-refractivity contribution in [3.63, 3.8) is 0 Å². The molecule has 0 aromatic carbocycles. The molecule has 1 aliphatic heterocycles. The van der Waals surface area contributed by atoms with Crippen molar-refractivity contribution in [1.29, 1.82) is 0 Å². The lowest BCUT2D eigenvalue weighted by Crippen LogP contribution is -2.46. The molecule has 1 heterocycles. The Bertz CT molecular complexity index is 406. The molecule has 0 spiro atoms. The number of aliphatic carboxylic acids is 1. The number of nitrogens with zero attached hydrogens (tertiary/aromatic N) is 1. The molecule has 0 amide bonds. The Kier molecular flexibility index (Phi) is 4.50. The first kappa shape index (κ1) is 15.4. The Balaban J connectivity index is 3.06. The van der Waals surface area contributed by atoms with Gasteiger partial charge < -0.3 is 9.84 Å². The van der Waals surface area contributed by atoms with E-state index in [9.17, 15) is 14.7 Å². The van der Waals surface area contributed by atoms with Crippen molar-refractivity contribution in [2.24, 2.45) is 10.9 Å². The Morgan fingerprint density at radius 3 is 2.42 bits per heavy atom. The monoisotopic (exact) mass is 267 g/mol. The van der Waals surface area contributed by atoms with Crippen LogP contribution in [-0.2, 0) is 14.3 Å². The van der Waals surface area contributed by atoms with Gasteiger partial charge in [0, 0.05) is 6.21 Å². The van der Waals surface area contributed by atoms with Crippen LogP contribution >= 0.6 is 0 Å². The molecule has 106 valence electrons. The van der Waals surface area contributed by atoms with Gasteiger partial charge in [-0.1, -0.05) is 19.4 Å². The predicted octanol–water partition coefficient (Wildman–Crippen LogP) is 2.21. The second-order valence-corrected chi connectivity index (χ2v) is 5.68. The summed E-state index contributed by atoms with van der Waals surface area (Å²) in [6, 6.07) is 0. The number of rotatable bonds is 5. The van der Waals surface area contributed by atoms with Crippen LogP contribution in [0.5, 0.6) is 0 Å². The Hall–Kier alpha value is -1.65. The maximum Gasteiger partial charge on any atom is 0.323 e. The lowest BCUT2D eigenvalue weighted by molar-refractivity contribution is -0.169. The zero-order chi connectivity index (χ0) is 14.7. The van der Waals surface area contributed by atoms with Crippen molar-refractivity contribution < 1.29 is 19.4 Å². The zero-order valence-electron chi connectivity index (χ0n) is 11.8. The molecule has 2 atom stereocenters. The van der Waals surface area contributed by atoms with Crippen LogP contribution in [-0.4, -0.2) is 34.4 Å². The third-order valence-electron chi connectivity index (χ3n) is 2.83. The van der Waals surface area contributed by atoms with Gasteiger partial charge in [-0.15, -0.1) is 0 Å². The molecule has 0 fully saturated rings. The smallest absolute Gasteiger partial charge is 0.323 e. The van der Waals surface area contributed by atoms with Crippen molar-refractivity contribution in [1.82, 2.24) is 0 Å². The van der Waals surface area contributed by atoms with Crippen molar-refractivity contribution in [3.8, 4) is 0 Å². The molecule has 1 aliphatic rings. The molecule has 1 N–H and O–H groups in total. The van der Waals surface area contributed by atoms with Crippen molar-refractivity contribution in [2.45, 2.75) is 51.7 Å². The Morgan fingerprint density at radius 2 is 2.05 bits per heavy atom. The van der Waals surface area contributed by atoms with Gasteiger partial charge in [-0.05, 0) is 33.3 Å². The fourth-order valence-electron chi connectivity index (χ4n) is 2.18. The molecule has 0 saturated heterocycles. The predicted molar refractivity (Wildman–Crippen MR) is 72.2 cm³/mol. The SMILES string of the molecule is CCCC1(C(C(=O)O)C(=O)OC(C)(C)C)C=CC=N1. The number of carboxylic acids is 1.